The van der Waals surface area contributed by atoms with Crippen molar-refractivity contribution in [2.75, 3.05) is 40.4 Å². The molecule has 2 aliphatic heterocycles. The van der Waals surface area contributed by atoms with Crippen LogP contribution in [0.3, 0.4) is 0 Å². The number of amides is 1. The van der Waals surface area contributed by atoms with Crippen LogP contribution >= 0.6 is 0 Å². The van der Waals surface area contributed by atoms with Gasteiger partial charge in [-0.05, 0) is 68.3 Å². The van der Waals surface area contributed by atoms with Gasteiger partial charge in [0.2, 0.25) is 5.91 Å². The molecule has 2 unspecified atom stereocenters. The van der Waals surface area contributed by atoms with Gasteiger partial charge in [0.15, 0.2) is 0 Å². The molecule has 0 N–H and O–H groups in total. The van der Waals surface area contributed by atoms with Crippen LogP contribution < -0.4 is 9.47 Å². The highest BCUT2D eigenvalue weighted by Crippen LogP contribution is 2.37. The average Bonchev–Trinajstić information content (AvgIpc) is 3.17. The van der Waals surface area contributed by atoms with E-state index in [2.05, 4.69) is 21.9 Å². The largest absolute Gasteiger partial charge is 0.497 e. The van der Waals surface area contributed by atoms with Crippen LogP contribution in [0.5, 0.6) is 11.5 Å². The van der Waals surface area contributed by atoms with Gasteiger partial charge < -0.3 is 14.4 Å². The van der Waals surface area contributed by atoms with E-state index in [4.69, 9.17) is 9.47 Å². The lowest BCUT2D eigenvalue weighted by Gasteiger charge is -2.33. The quantitative estimate of drug-likeness (QED) is 0.776. The molecule has 28 heavy (non-hydrogen) atoms. The van der Waals surface area contributed by atoms with E-state index in [-0.39, 0.29) is 5.92 Å². The van der Waals surface area contributed by atoms with E-state index < -0.39 is 0 Å². The lowest BCUT2D eigenvalue weighted by molar-refractivity contribution is -0.136. The number of likely N-dealkylation sites (tertiary alicyclic amines) is 2. The fourth-order valence-electron chi connectivity index (χ4n) is 5.40. The SMILES string of the molecule is COc1cc(CN2CCC(C(=O)N3CC4CCCCC4C3)CC2)cc(OC)c1. The molecule has 3 aliphatic rings. The number of ether oxygens (including phenoxy) is 2. The highest BCUT2D eigenvalue weighted by molar-refractivity contribution is 5.79. The van der Waals surface area contributed by atoms with Gasteiger partial charge in [0.05, 0.1) is 14.2 Å². The van der Waals surface area contributed by atoms with E-state index in [0.717, 1.165) is 68.9 Å². The first-order valence-corrected chi connectivity index (χ1v) is 10.9. The molecule has 0 bridgehead atoms. The van der Waals surface area contributed by atoms with E-state index in [9.17, 15) is 4.79 Å². The molecule has 1 amide bonds. The van der Waals surface area contributed by atoms with Crippen molar-refractivity contribution in [2.45, 2.75) is 45.1 Å². The van der Waals surface area contributed by atoms with Crippen molar-refractivity contribution < 1.29 is 14.3 Å². The van der Waals surface area contributed by atoms with Gasteiger partial charge in [-0.3, -0.25) is 9.69 Å². The van der Waals surface area contributed by atoms with Crippen molar-refractivity contribution in [3.05, 3.63) is 23.8 Å². The van der Waals surface area contributed by atoms with Crippen molar-refractivity contribution >= 4 is 5.91 Å². The summed E-state index contributed by atoms with van der Waals surface area (Å²) in [6, 6.07) is 6.06. The molecule has 4 rings (SSSR count). The number of carbonyl (C=O) groups excluding carboxylic acids is 1. The lowest BCUT2D eigenvalue weighted by atomic mass is 9.82. The van der Waals surface area contributed by atoms with Gasteiger partial charge in [-0.25, -0.2) is 0 Å². The molecule has 1 aromatic carbocycles. The third-order valence-corrected chi connectivity index (χ3v) is 7.04. The van der Waals surface area contributed by atoms with Crippen LogP contribution in [0.4, 0.5) is 0 Å². The molecule has 1 saturated carbocycles. The number of fused-ring (bicyclic) bond motifs is 1. The molecule has 2 heterocycles. The van der Waals surface area contributed by atoms with Gasteiger partial charge in [0.25, 0.3) is 0 Å². The molecule has 1 aliphatic carbocycles. The number of carbonyl (C=O) groups is 1. The van der Waals surface area contributed by atoms with Crippen LogP contribution in [0.1, 0.15) is 44.1 Å². The Balaban J connectivity index is 1.29. The summed E-state index contributed by atoms with van der Waals surface area (Å²) in [7, 11) is 3.37. The summed E-state index contributed by atoms with van der Waals surface area (Å²) in [5.41, 5.74) is 1.20. The van der Waals surface area contributed by atoms with Crippen molar-refractivity contribution in [3.8, 4) is 11.5 Å². The smallest absolute Gasteiger partial charge is 0.225 e. The van der Waals surface area contributed by atoms with Gasteiger partial charge in [-0.2, -0.15) is 0 Å². The van der Waals surface area contributed by atoms with Crippen LogP contribution in [-0.2, 0) is 11.3 Å². The summed E-state index contributed by atoms with van der Waals surface area (Å²) in [4.78, 5) is 17.7. The maximum atomic E-state index is 13.1. The standard InChI is InChI=1S/C23H34N2O3/c1-27-21-11-17(12-22(13-21)28-2)14-24-9-7-18(8-10-24)23(26)25-15-19-5-3-4-6-20(19)16-25/h11-13,18-20H,3-10,14-16H2,1-2H3. The molecule has 0 spiro atoms. The van der Waals surface area contributed by atoms with E-state index in [1.807, 2.05) is 6.07 Å². The maximum Gasteiger partial charge on any atom is 0.225 e. The Kier molecular flexibility index (Phi) is 6.10. The molecule has 2 atom stereocenters. The second kappa shape index (κ2) is 8.73. The number of piperidine rings is 1. The van der Waals surface area contributed by atoms with E-state index >= 15 is 0 Å². The summed E-state index contributed by atoms with van der Waals surface area (Å²) in [5, 5.41) is 0. The Labute approximate surface area is 169 Å². The summed E-state index contributed by atoms with van der Waals surface area (Å²) < 4.78 is 10.8. The van der Waals surface area contributed by atoms with E-state index in [1.165, 1.54) is 31.2 Å². The number of benzene rings is 1. The highest BCUT2D eigenvalue weighted by atomic mass is 16.5. The first kappa shape index (κ1) is 19.6. The Hall–Kier alpha value is -1.75. The molecule has 154 valence electrons. The number of rotatable bonds is 5. The monoisotopic (exact) mass is 386 g/mol. The first-order chi connectivity index (χ1) is 13.7. The Bertz CT molecular complexity index is 648. The van der Waals surface area contributed by atoms with Gasteiger partial charge >= 0.3 is 0 Å². The molecule has 1 aromatic rings. The van der Waals surface area contributed by atoms with E-state index in [1.54, 1.807) is 14.2 Å². The van der Waals surface area contributed by atoms with Crippen LogP contribution in [-0.4, -0.2) is 56.1 Å². The molecule has 2 saturated heterocycles. The van der Waals surface area contributed by atoms with Crippen LogP contribution in [0, 0.1) is 17.8 Å². The predicted molar refractivity (Wildman–Crippen MR) is 110 cm³/mol. The zero-order valence-corrected chi connectivity index (χ0v) is 17.4. The molecule has 0 radical (unpaired) electrons. The number of hydrogen-bond acceptors (Lipinski definition) is 4. The lowest BCUT2D eigenvalue weighted by Crippen LogP contribution is -2.41. The normalized spacial score (nSPS) is 26.1. The van der Waals surface area contributed by atoms with Crippen LogP contribution in [0.2, 0.25) is 0 Å². The molecule has 3 fully saturated rings. The summed E-state index contributed by atoms with van der Waals surface area (Å²) in [6.07, 6.45) is 7.33. The van der Waals surface area contributed by atoms with Crippen LogP contribution in [0.15, 0.2) is 18.2 Å². The van der Waals surface area contributed by atoms with Gasteiger partial charge in [-0.1, -0.05) is 12.8 Å². The van der Waals surface area contributed by atoms with Crippen LogP contribution in [0.25, 0.3) is 0 Å². The molecular formula is C23H34N2O3. The Morgan fingerprint density at radius 1 is 0.929 bits per heavy atom. The predicted octanol–water partition coefficient (Wildman–Crippen LogP) is 3.56. The maximum absolute atomic E-state index is 13.1. The number of hydrogen-bond donors (Lipinski definition) is 0. The number of nitrogens with zero attached hydrogens (tertiary/aromatic N) is 2. The fraction of sp³-hybridized carbons (Fsp3) is 0.696. The minimum Gasteiger partial charge on any atom is -0.497 e. The first-order valence-electron chi connectivity index (χ1n) is 10.9. The zero-order valence-electron chi connectivity index (χ0n) is 17.4. The van der Waals surface area contributed by atoms with Crippen molar-refractivity contribution in [1.82, 2.24) is 9.80 Å². The summed E-state index contributed by atoms with van der Waals surface area (Å²) >= 11 is 0. The minimum atomic E-state index is 0.219. The number of methoxy groups -OCH3 is 2. The zero-order chi connectivity index (χ0) is 19.5. The van der Waals surface area contributed by atoms with Crippen molar-refractivity contribution in [1.29, 1.82) is 0 Å². The van der Waals surface area contributed by atoms with E-state index in [0.29, 0.717) is 5.91 Å². The third kappa shape index (κ3) is 4.29. The Morgan fingerprint density at radius 3 is 2.04 bits per heavy atom. The third-order valence-electron chi connectivity index (χ3n) is 7.04. The summed E-state index contributed by atoms with van der Waals surface area (Å²) in [6.45, 7) is 4.89. The van der Waals surface area contributed by atoms with Crippen molar-refractivity contribution in [2.24, 2.45) is 17.8 Å². The average molecular weight is 387 g/mol. The molecule has 5 nitrogen and oxygen atoms in total. The molecule has 5 heteroatoms. The second-order valence-corrected chi connectivity index (χ2v) is 8.82. The highest BCUT2D eigenvalue weighted by Gasteiger charge is 2.38. The van der Waals surface area contributed by atoms with Gasteiger partial charge in [0.1, 0.15) is 11.5 Å². The van der Waals surface area contributed by atoms with Gasteiger partial charge in [0, 0.05) is 31.6 Å². The topological polar surface area (TPSA) is 42.0 Å². The second-order valence-electron chi connectivity index (χ2n) is 8.82. The fourth-order valence-corrected chi connectivity index (χ4v) is 5.40. The summed E-state index contributed by atoms with van der Waals surface area (Å²) in [5.74, 6) is 3.86. The Morgan fingerprint density at radius 2 is 1.50 bits per heavy atom. The molecular weight excluding hydrogens is 352 g/mol. The molecule has 0 aromatic heterocycles. The van der Waals surface area contributed by atoms with Gasteiger partial charge in [-0.15, -0.1) is 0 Å². The van der Waals surface area contributed by atoms with Crippen molar-refractivity contribution in [3.63, 3.8) is 0 Å². The minimum absolute atomic E-state index is 0.219.